The Labute approximate surface area is 387 Å². The monoisotopic (exact) mass is 900 g/mol. The molecular weight excluding hydrogens is 853 g/mol. The summed E-state index contributed by atoms with van der Waals surface area (Å²) >= 11 is 3.02. The largest absolute Gasteiger partial charge is 0.497 e. The van der Waals surface area contributed by atoms with Crippen molar-refractivity contribution in [1.29, 1.82) is 0 Å². The van der Waals surface area contributed by atoms with Gasteiger partial charge in [0.1, 0.15) is 5.75 Å². The van der Waals surface area contributed by atoms with Gasteiger partial charge in [-0.3, -0.25) is 19.2 Å². The van der Waals surface area contributed by atoms with Crippen LogP contribution >= 0.6 is 23.5 Å². The maximum Gasteiger partial charge on any atom is 0.256 e. The highest BCUT2D eigenvalue weighted by atomic mass is 32.2. The molecule has 1 atom stereocenters. The topological polar surface area (TPSA) is 115 Å². The summed E-state index contributed by atoms with van der Waals surface area (Å²) in [5, 5.41) is 6.12. The summed E-state index contributed by atoms with van der Waals surface area (Å²) in [6.07, 6.45) is 0. The minimum absolute atomic E-state index is 0.0415. The van der Waals surface area contributed by atoms with E-state index in [4.69, 9.17) is 4.74 Å². The van der Waals surface area contributed by atoms with E-state index in [1.54, 1.807) is 19.2 Å². The smallest absolute Gasteiger partial charge is 0.256 e. The van der Waals surface area contributed by atoms with Crippen LogP contribution in [-0.4, -0.2) is 92.4 Å². The molecular formula is C52H48N6O5S2. The number of hydrogen-bond donors (Lipinski definition) is 2. The summed E-state index contributed by atoms with van der Waals surface area (Å²) < 4.78 is 5.80. The summed E-state index contributed by atoms with van der Waals surface area (Å²) in [7, 11) is 1.64. The number of piperazine rings is 2. The van der Waals surface area contributed by atoms with E-state index in [0.29, 0.717) is 72.1 Å². The van der Waals surface area contributed by atoms with Gasteiger partial charge in [-0.15, -0.1) is 0 Å². The van der Waals surface area contributed by atoms with Gasteiger partial charge in [0.2, 0.25) is 0 Å². The van der Waals surface area contributed by atoms with Gasteiger partial charge in [-0.25, -0.2) is 0 Å². The van der Waals surface area contributed by atoms with E-state index >= 15 is 0 Å². The second kappa shape index (κ2) is 17.4. The normalized spacial score (nSPS) is 16.8. The fourth-order valence-electron chi connectivity index (χ4n) is 9.16. The lowest BCUT2D eigenvalue weighted by Crippen LogP contribution is -2.54. The molecule has 1 unspecified atom stereocenters. The number of methoxy groups -OCH3 is 1. The Hall–Kier alpha value is -6.70. The number of carbonyl (C=O) groups excluding carboxylic acids is 4. The van der Waals surface area contributed by atoms with E-state index in [1.165, 1.54) is 40.3 Å². The Balaban J connectivity index is 0.817. The number of nitrogens with zero attached hydrogens (tertiary/aromatic N) is 4. The molecule has 65 heavy (non-hydrogen) atoms. The zero-order chi connectivity index (χ0) is 44.9. The SMILES string of the molecule is COc1cc(-c2ccc3c(c2)C(=O)Nc2cc(C(=O)N4CCN(c5cccc(C)c5C)CC4)ccc2S3)cc(N2CCN(C(=O)c3ccc4c(c3)NC(=O)c3ccccc3S4)C(C)C2)c1. The van der Waals surface area contributed by atoms with Gasteiger partial charge in [0, 0.05) is 100 Å². The van der Waals surface area contributed by atoms with Crippen molar-refractivity contribution in [2.45, 2.75) is 46.4 Å². The number of aryl methyl sites for hydroxylation is 1. The van der Waals surface area contributed by atoms with Gasteiger partial charge in [0.15, 0.2) is 0 Å². The average molecular weight is 901 g/mol. The van der Waals surface area contributed by atoms with Crippen LogP contribution in [0.25, 0.3) is 11.1 Å². The fraction of sp³-hybridized carbons (Fsp3) is 0.231. The Bertz CT molecular complexity index is 2930. The van der Waals surface area contributed by atoms with Crippen LogP contribution in [0.1, 0.15) is 59.5 Å². The maximum atomic E-state index is 14.0. The number of ether oxygens (including phenoxy) is 1. The maximum absolute atomic E-state index is 14.0. The predicted molar refractivity (Wildman–Crippen MR) is 259 cm³/mol. The van der Waals surface area contributed by atoms with Crippen LogP contribution in [-0.2, 0) is 0 Å². The number of fused-ring (bicyclic) bond motifs is 4. The molecule has 4 heterocycles. The molecule has 0 saturated carbocycles. The van der Waals surface area contributed by atoms with E-state index < -0.39 is 0 Å². The summed E-state index contributed by atoms with van der Waals surface area (Å²) in [6.45, 7) is 10.8. The van der Waals surface area contributed by atoms with Gasteiger partial charge in [0.25, 0.3) is 23.6 Å². The van der Waals surface area contributed by atoms with Crippen molar-refractivity contribution in [3.63, 3.8) is 0 Å². The highest BCUT2D eigenvalue weighted by Crippen LogP contribution is 2.43. The lowest BCUT2D eigenvalue weighted by molar-refractivity contribution is 0.0673. The van der Waals surface area contributed by atoms with Crippen molar-refractivity contribution >= 4 is 69.9 Å². The third-order valence-electron chi connectivity index (χ3n) is 12.9. The van der Waals surface area contributed by atoms with Gasteiger partial charge in [0.05, 0.1) is 29.6 Å². The molecule has 0 aromatic heterocycles. The number of anilines is 4. The number of nitrogens with one attached hydrogen (secondary N) is 2. The Morgan fingerprint density at radius 3 is 1.97 bits per heavy atom. The molecule has 6 aromatic rings. The molecule has 4 amide bonds. The first kappa shape index (κ1) is 42.3. The minimum atomic E-state index is -0.238. The lowest BCUT2D eigenvalue weighted by atomic mass is 10.0. The molecule has 4 aliphatic rings. The number of benzene rings is 6. The highest BCUT2D eigenvalue weighted by Gasteiger charge is 2.31. The molecule has 2 N–H and O–H groups in total. The molecule has 0 radical (unpaired) electrons. The Morgan fingerprint density at radius 2 is 1.26 bits per heavy atom. The van der Waals surface area contributed by atoms with Crippen molar-refractivity contribution in [1.82, 2.24) is 9.80 Å². The van der Waals surface area contributed by atoms with Crippen molar-refractivity contribution in [3.8, 4) is 16.9 Å². The number of carbonyl (C=O) groups is 4. The third-order valence-corrected chi connectivity index (χ3v) is 15.2. The minimum Gasteiger partial charge on any atom is -0.497 e. The molecule has 10 rings (SSSR count). The first-order valence-corrected chi connectivity index (χ1v) is 23.5. The van der Waals surface area contributed by atoms with Crippen LogP contribution in [0, 0.1) is 13.8 Å². The van der Waals surface area contributed by atoms with Crippen LogP contribution in [0.3, 0.4) is 0 Å². The van der Waals surface area contributed by atoms with Crippen molar-refractivity contribution in [3.05, 3.63) is 149 Å². The molecule has 2 saturated heterocycles. The van der Waals surface area contributed by atoms with Crippen molar-refractivity contribution in [2.75, 3.05) is 73.4 Å². The first-order chi connectivity index (χ1) is 31.5. The second-order valence-electron chi connectivity index (χ2n) is 17.0. The van der Waals surface area contributed by atoms with E-state index in [9.17, 15) is 19.2 Å². The van der Waals surface area contributed by atoms with Crippen LogP contribution in [0.5, 0.6) is 5.75 Å². The van der Waals surface area contributed by atoms with Crippen LogP contribution in [0.2, 0.25) is 0 Å². The number of amides is 4. The lowest BCUT2D eigenvalue weighted by Gasteiger charge is -2.41. The molecule has 11 nitrogen and oxygen atoms in total. The molecule has 0 spiro atoms. The van der Waals surface area contributed by atoms with Crippen LogP contribution in [0.15, 0.2) is 135 Å². The van der Waals surface area contributed by atoms with Gasteiger partial charge in [-0.05, 0) is 122 Å². The third kappa shape index (κ3) is 8.19. The molecule has 2 fully saturated rings. The summed E-state index contributed by atoms with van der Waals surface area (Å²) in [4.78, 5) is 66.6. The van der Waals surface area contributed by atoms with E-state index in [0.717, 1.165) is 49.5 Å². The molecule has 0 aliphatic carbocycles. The molecule has 6 aromatic carbocycles. The van der Waals surface area contributed by atoms with Crippen LogP contribution < -0.4 is 25.2 Å². The predicted octanol–water partition coefficient (Wildman–Crippen LogP) is 9.73. The van der Waals surface area contributed by atoms with Crippen LogP contribution in [0.4, 0.5) is 22.7 Å². The highest BCUT2D eigenvalue weighted by molar-refractivity contribution is 8.00. The van der Waals surface area contributed by atoms with Gasteiger partial charge < -0.3 is 35.0 Å². The van der Waals surface area contributed by atoms with E-state index in [2.05, 4.69) is 65.5 Å². The summed E-state index contributed by atoms with van der Waals surface area (Å²) in [6, 6.07) is 36.9. The summed E-state index contributed by atoms with van der Waals surface area (Å²) in [5.74, 6) is 0.132. The Morgan fingerprint density at radius 1 is 0.615 bits per heavy atom. The number of hydrogen-bond acceptors (Lipinski definition) is 9. The first-order valence-electron chi connectivity index (χ1n) is 21.9. The van der Waals surface area contributed by atoms with E-state index in [1.807, 2.05) is 88.7 Å². The standard InChI is InChI=1S/C52H48N6O5S2/c1-31-8-7-10-44(33(31)3)55-18-20-56(21-19-55)51(61)35-13-16-48-42(27-35)54-50(60)41-26-34(12-15-46(41)65-48)37-24-38(29-39(25-37)63-4)57-22-23-58(32(2)30-57)52(62)36-14-17-47-43(28-36)53-49(59)40-9-5-6-11-45(40)64-47/h5-17,24-29,32H,18-23,30H2,1-4H3,(H,53,59)(H,54,60). The average Bonchev–Trinajstić information content (AvgIpc) is 3.56. The molecule has 0 bridgehead atoms. The quantitative estimate of drug-likeness (QED) is 0.169. The molecule has 13 heteroatoms. The second-order valence-corrected chi connectivity index (χ2v) is 19.1. The zero-order valence-corrected chi connectivity index (χ0v) is 38.3. The molecule has 4 aliphatic heterocycles. The van der Waals surface area contributed by atoms with Gasteiger partial charge in [-0.2, -0.15) is 0 Å². The van der Waals surface area contributed by atoms with Gasteiger partial charge in [-0.1, -0.05) is 53.9 Å². The van der Waals surface area contributed by atoms with Crippen molar-refractivity contribution in [2.24, 2.45) is 0 Å². The van der Waals surface area contributed by atoms with E-state index in [-0.39, 0.29) is 29.7 Å². The van der Waals surface area contributed by atoms with Crippen molar-refractivity contribution < 1.29 is 23.9 Å². The fourth-order valence-corrected chi connectivity index (χ4v) is 11.2. The van der Waals surface area contributed by atoms with Gasteiger partial charge >= 0.3 is 0 Å². The summed E-state index contributed by atoms with van der Waals surface area (Å²) in [5.41, 5.74) is 9.94. The molecule has 328 valence electrons. The Kier molecular flexibility index (Phi) is 11.3. The number of rotatable bonds is 6. The zero-order valence-electron chi connectivity index (χ0n) is 36.6.